The zero-order chi connectivity index (χ0) is 11.4. The molecule has 15 heavy (non-hydrogen) atoms. The van der Waals surface area contributed by atoms with Gasteiger partial charge in [0.2, 0.25) is 0 Å². The van der Waals surface area contributed by atoms with E-state index in [1.165, 1.54) is 11.1 Å². The molecule has 4 nitrogen and oxygen atoms in total. The Balaban J connectivity index is 2.87. The van der Waals surface area contributed by atoms with E-state index in [1.807, 2.05) is 31.0 Å². The lowest BCUT2D eigenvalue weighted by Gasteiger charge is -2.20. The maximum absolute atomic E-state index is 8.48. The molecule has 1 rings (SSSR count). The van der Waals surface area contributed by atoms with Crippen molar-refractivity contribution in [1.29, 1.82) is 0 Å². The standard InChI is InChI=1S/C11H17N3O/c1-8-4-5-10(9(2)6-8)14(3)7-11(12)13-15/h4-6,15H,7H2,1-3H3,(H2,12,13). The maximum Gasteiger partial charge on any atom is 0.158 e. The van der Waals surface area contributed by atoms with Crippen LogP contribution in [0.2, 0.25) is 0 Å². The van der Waals surface area contributed by atoms with Gasteiger partial charge in [0, 0.05) is 12.7 Å². The molecule has 1 aromatic carbocycles. The van der Waals surface area contributed by atoms with Crippen LogP contribution in [-0.4, -0.2) is 24.6 Å². The van der Waals surface area contributed by atoms with Gasteiger partial charge in [-0.15, -0.1) is 0 Å². The van der Waals surface area contributed by atoms with Crippen LogP contribution >= 0.6 is 0 Å². The van der Waals surface area contributed by atoms with E-state index < -0.39 is 0 Å². The Bertz CT molecular complexity index is 374. The van der Waals surface area contributed by atoms with E-state index in [-0.39, 0.29) is 5.84 Å². The molecule has 0 unspecified atom stereocenters. The van der Waals surface area contributed by atoms with Crippen LogP contribution in [0, 0.1) is 13.8 Å². The molecule has 0 atom stereocenters. The Kier molecular flexibility index (Phi) is 3.55. The number of aryl methyl sites for hydroxylation is 2. The number of anilines is 1. The molecule has 0 aliphatic heterocycles. The average Bonchev–Trinajstić information content (AvgIpc) is 2.17. The van der Waals surface area contributed by atoms with Gasteiger partial charge in [0.25, 0.3) is 0 Å². The summed E-state index contributed by atoms with van der Waals surface area (Å²) in [5, 5.41) is 11.4. The van der Waals surface area contributed by atoms with Gasteiger partial charge in [-0.3, -0.25) is 0 Å². The fourth-order valence-electron chi connectivity index (χ4n) is 1.59. The quantitative estimate of drug-likeness (QED) is 0.341. The van der Waals surface area contributed by atoms with Crippen LogP contribution in [0.1, 0.15) is 11.1 Å². The van der Waals surface area contributed by atoms with Gasteiger partial charge in [-0.05, 0) is 25.5 Å². The monoisotopic (exact) mass is 207 g/mol. The van der Waals surface area contributed by atoms with Gasteiger partial charge in [-0.25, -0.2) is 0 Å². The predicted octanol–water partition coefficient (Wildman–Crippen LogP) is 1.49. The zero-order valence-electron chi connectivity index (χ0n) is 9.36. The van der Waals surface area contributed by atoms with Crippen LogP contribution < -0.4 is 10.6 Å². The Morgan fingerprint density at radius 3 is 2.67 bits per heavy atom. The molecule has 0 spiro atoms. The van der Waals surface area contributed by atoms with Gasteiger partial charge in [0.05, 0.1) is 6.54 Å². The van der Waals surface area contributed by atoms with E-state index >= 15 is 0 Å². The Morgan fingerprint density at radius 1 is 1.47 bits per heavy atom. The van der Waals surface area contributed by atoms with Crippen molar-refractivity contribution in [2.45, 2.75) is 13.8 Å². The number of benzene rings is 1. The molecule has 0 saturated heterocycles. The van der Waals surface area contributed by atoms with Gasteiger partial charge in [-0.2, -0.15) is 0 Å². The van der Waals surface area contributed by atoms with Crippen LogP contribution in [0.3, 0.4) is 0 Å². The summed E-state index contributed by atoms with van der Waals surface area (Å²) in [6, 6.07) is 6.19. The largest absolute Gasteiger partial charge is 0.409 e. The molecule has 0 heterocycles. The number of nitrogens with two attached hydrogens (primary N) is 1. The van der Waals surface area contributed by atoms with Crippen molar-refractivity contribution in [2.75, 3.05) is 18.5 Å². The molecule has 0 bridgehead atoms. The fourth-order valence-corrected chi connectivity index (χ4v) is 1.59. The highest BCUT2D eigenvalue weighted by Gasteiger charge is 2.06. The number of nitrogens with zero attached hydrogens (tertiary/aromatic N) is 2. The molecule has 0 radical (unpaired) electrons. The lowest BCUT2D eigenvalue weighted by molar-refractivity contribution is 0.317. The Labute approximate surface area is 90.0 Å². The molecular formula is C11H17N3O. The van der Waals surface area contributed by atoms with E-state index in [0.29, 0.717) is 6.54 Å². The number of hydrogen-bond donors (Lipinski definition) is 2. The molecule has 4 heteroatoms. The zero-order valence-corrected chi connectivity index (χ0v) is 9.36. The first-order chi connectivity index (χ1) is 7.04. The van der Waals surface area contributed by atoms with Crippen molar-refractivity contribution in [3.05, 3.63) is 29.3 Å². The highest BCUT2D eigenvalue weighted by molar-refractivity contribution is 5.84. The van der Waals surface area contributed by atoms with Gasteiger partial charge >= 0.3 is 0 Å². The van der Waals surface area contributed by atoms with Crippen LogP contribution in [0.4, 0.5) is 5.69 Å². The first kappa shape index (κ1) is 11.4. The molecule has 82 valence electrons. The summed E-state index contributed by atoms with van der Waals surface area (Å²) in [7, 11) is 1.91. The first-order valence-electron chi connectivity index (χ1n) is 4.79. The summed E-state index contributed by atoms with van der Waals surface area (Å²) in [6.07, 6.45) is 0. The summed E-state index contributed by atoms with van der Waals surface area (Å²) in [5.74, 6) is 0.206. The second-order valence-electron chi connectivity index (χ2n) is 3.74. The summed E-state index contributed by atoms with van der Waals surface area (Å²) in [4.78, 5) is 1.95. The lowest BCUT2D eigenvalue weighted by Crippen LogP contribution is -2.31. The molecule has 0 fully saturated rings. The number of oxime groups is 1. The van der Waals surface area contributed by atoms with Crippen molar-refractivity contribution >= 4 is 11.5 Å². The van der Waals surface area contributed by atoms with Crippen molar-refractivity contribution in [1.82, 2.24) is 0 Å². The minimum atomic E-state index is 0.206. The van der Waals surface area contributed by atoms with Crippen LogP contribution in [0.25, 0.3) is 0 Å². The third-order valence-corrected chi connectivity index (χ3v) is 2.29. The van der Waals surface area contributed by atoms with Crippen LogP contribution in [0.5, 0.6) is 0 Å². The van der Waals surface area contributed by atoms with Gasteiger partial charge in [0.15, 0.2) is 5.84 Å². The molecule has 0 amide bonds. The number of likely N-dealkylation sites (N-methyl/N-ethyl adjacent to an activating group) is 1. The summed E-state index contributed by atoms with van der Waals surface area (Å²) in [6.45, 7) is 4.52. The topological polar surface area (TPSA) is 61.8 Å². The number of hydrogen-bond acceptors (Lipinski definition) is 3. The smallest absolute Gasteiger partial charge is 0.158 e. The Morgan fingerprint density at radius 2 is 2.13 bits per heavy atom. The molecule has 0 aliphatic rings. The second-order valence-corrected chi connectivity index (χ2v) is 3.74. The van der Waals surface area contributed by atoms with Crippen LogP contribution in [-0.2, 0) is 0 Å². The van der Waals surface area contributed by atoms with Crippen molar-refractivity contribution in [3.8, 4) is 0 Å². The lowest BCUT2D eigenvalue weighted by atomic mass is 10.1. The third kappa shape index (κ3) is 2.87. The number of amidine groups is 1. The molecule has 1 aromatic rings. The molecule has 3 N–H and O–H groups in total. The summed E-state index contributed by atoms with van der Waals surface area (Å²) < 4.78 is 0. The first-order valence-corrected chi connectivity index (χ1v) is 4.79. The molecule has 0 aliphatic carbocycles. The van der Waals surface area contributed by atoms with E-state index in [1.54, 1.807) is 0 Å². The second kappa shape index (κ2) is 4.68. The highest BCUT2D eigenvalue weighted by atomic mass is 16.4. The van der Waals surface area contributed by atoms with E-state index in [0.717, 1.165) is 5.69 Å². The Hall–Kier alpha value is -1.71. The van der Waals surface area contributed by atoms with E-state index in [4.69, 9.17) is 10.9 Å². The van der Waals surface area contributed by atoms with Gasteiger partial charge in [0.1, 0.15) is 0 Å². The summed E-state index contributed by atoms with van der Waals surface area (Å²) in [5.41, 5.74) is 8.95. The SMILES string of the molecule is Cc1ccc(N(C)CC(N)=NO)c(C)c1. The fraction of sp³-hybridized carbons (Fsp3) is 0.364. The number of rotatable bonds is 3. The van der Waals surface area contributed by atoms with Gasteiger partial charge in [-0.1, -0.05) is 22.9 Å². The average molecular weight is 207 g/mol. The van der Waals surface area contributed by atoms with Crippen molar-refractivity contribution in [2.24, 2.45) is 10.9 Å². The minimum absolute atomic E-state index is 0.206. The molecule has 0 saturated carbocycles. The summed E-state index contributed by atoms with van der Waals surface area (Å²) >= 11 is 0. The third-order valence-electron chi connectivity index (χ3n) is 2.29. The maximum atomic E-state index is 8.48. The van der Waals surface area contributed by atoms with E-state index in [2.05, 4.69) is 18.1 Å². The molecular weight excluding hydrogens is 190 g/mol. The van der Waals surface area contributed by atoms with Crippen molar-refractivity contribution in [3.63, 3.8) is 0 Å². The highest BCUT2D eigenvalue weighted by Crippen LogP contribution is 2.19. The predicted molar refractivity (Wildman–Crippen MR) is 62.6 cm³/mol. The van der Waals surface area contributed by atoms with Gasteiger partial charge < -0.3 is 15.8 Å². The normalized spacial score (nSPS) is 11.5. The minimum Gasteiger partial charge on any atom is -0.409 e. The molecule has 0 aromatic heterocycles. The van der Waals surface area contributed by atoms with Crippen LogP contribution in [0.15, 0.2) is 23.4 Å². The van der Waals surface area contributed by atoms with Crippen molar-refractivity contribution < 1.29 is 5.21 Å². The van der Waals surface area contributed by atoms with E-state index in [9.17, 15) is 0 Å².